The Hall–Kier alpha value is -3.86. The highest BCUT2D eigenvalue weighted by molar-refractivity contribution is 6.02. The number of nitrogens with one attached hydrogen (secondary N) is 1. The zero-order valence-corrected chi connectivity index (χ0v) is 18.3. The predicted molar refractivity (Wildman–Crippen MR) is 116 cm³/mol. The first-order valence-corrected chi connectivity index (χ1v) is 9.42. The number of nitrogens with zero attached hydrogens (tertiary/aromatic N) is 1. The average Bonchev–Trinajstić information content (AvgIpc) is 2.81. The van der Waals surface area contributed by atoms with E-state index in [2.05, 4.69) is 5.32 Å². The molecular formula is C23H26N2O6. The molecule has 8 nitrogen and oxygen atoms in total. The fourth-order valence-corrected chi connectivity index (χ4v) is 2.92. The van der Waals surface area contributed by atoms with Gasteiger partial charge in [-0.2, -0.15) is 5.26 Å². The van der Waals surface area contributed by atoms with Gasteiger partial charge in [0.1, 0.15) is 17.4 Å². The van der Waals surface area contributed by atoms with Crippen molar-refractivity contribution in [2.45, 2.75) is 6.42 Å². The molecular weight excluding hydrogens is 400 g/mol. The lowest BCUT2D eigenvalue weighted by molar-refractivity contribution is -0.117. The van der Waals surface area contributed by atoms with Gasteiger partial charge >= 0.3 is 0 Å². The van der Waals surface area contributed by atoms with Crippen LogP contribution in [0.15, 0.2) is 35.9 Å². The zero-order valence-electron chi connectivity index (χ0n) is 18.3. The highest BCUT2D eigenvalue weighted by Crippen LogP contribution is 2.35. The molecule has 0 spiro atoms. The number of hydrogen-bond acceptors (Lipinski definition) is 7. The number of methoxy groups -OCH3 is 5. The molecule has 0 bridgehead atoms. The molecule has 0 saturated carbocycles. The standard InChI is InChI=1S/C23H26N2O6/c1-27-18-7-6-15(10-20(18)29-3)8-9-25-23(26)17(14-24)11-16-12-21(30-4)22(31-5)13-19(16)28-2/h6-7,10-13H,8-9H2,1-5H3,(H,25,26)/b17-11-. The van der Waals surface area contributed by atoms with E-state index in [1.807, 2.05) is 18.2 Å². The van der Waals surface area contributed by atoms with E-state index in [0.717, 1.165) is 5.56 Å². The van der Waals surface area contributed by atoms with Gasteiger partial charge < -0.3 is 29.0 Å². The molecule has 2 aromatic carbocycles. The number of carbonyl (C=O) groups is 1. The predicted octanol–water partition coefficient (Wildman–Crippen LogP) is 3.00. The summed E-state index contributed by atoms with van der Waals surface area (Å²) in [6.07, 6.45) is 2.01. The second kappa shape index (κ2) is 11.4. The van der Waals surface area contributed by atoms with Crippen molar-refractivity contribution in [3.8, 4) is 34.8 Å². The number of amides is 1. The summed E-state index contributed by atoms with van der Waals surface area (Å²) in [4.78, 5) is 12.5. The molecule has 0 aliphatic heterocycles. The molecule has 0 saturated heterocycles. The van der Waals surface area contributed by atoms with Gasteiger partial charge in [0.25, 0.3) is 5.91 Å². The van der Waals surface area contributed by atoms with E-state index in [9.17, 15) is 10.1 Å². The van der Waals surface area contributed by atoms with Gasteiger partial charge in [-0.1, -0.05) is 6.07 Å². The maximum atomic E-state index is 12.5. The van der Waals surface area contributed by atoms with Gasteiger partial charge in [0.15, 0.2) is 23.0 Å². The molecule has 1 N–H and O–H groups in total. The normalized spacial score (nSPS) is 10.6. The number of nitriles is 1. The summed E-state index contributed by atoms with van der Waals surface area (Å²) in [5.41, 5.74) is 1.42. The lowest BCUT2D eigenvalue weighted by Gasteiger charge is -2.12. The Balaban J connectivity index is 2.14. The Morgan fingerprint density at radius 1 is 0.871 bits per heavy atom. The first-order valence-electron chi connectivity index (χ1n) is 9.42. The van der Waals surface area contributed by atoms with Crippen molar-refractivity contribution in [1.82, 2.24) is 5.32 Å². The summed E-state index contributed by atoms with van der Waals surface area (Å²) in [7, 11) is 7.65. The smallest absolute Gasteiger partial charge is 0.261 e. The van der Waals surface area contributed by atoms with Crippen LogP contribution in [0.5, 0.6) is 28.7 Å². The Kier molecular flexibility index (Phi) is 8.58. The van der Waals surface area contributed by atoms with Gasteiger partial charge in [-0.05, 0) is 36.3 Å². The summed E-state index contributed by atoms with van der Waals surface area (Å²) >= 11 is 0. The molecule has 0 atom stereocenters. The van der Waals surface area contributed by atoms with E-state index in [0.29, 0.717) is 47.3 Å². The van der Waals surface area contributed by atoms with Crippen LogP contribution in [0.1, 0.15) is 11.1 Å². The van der Waals surface area contributed by atoms with E-state index >= 15 is 0 Å². The van der Waals surface area contributed by atoms with E-state index in [4.69, 9.17) is 23.7 Å². The molecule has 2 rings (SSSR count). The maximum absolute atomic E-state index is 12.5. The van der Waals surface area contributed by atoms with Crippen LogP contribution in [-0.4, -0.2) is 48.0 Å². The number of rotatable bonds is 10. The zero-order chi connectivity index (χ0) is 22.8. The minimum absolute atomic E-state index is 0.0576. The van der Waals surface area contributed by atoms with Crippen molar-refractivity contribution >= 4 is 12.0 Å². The second-order valence-corrected chi connectivity index (χ2v) is 6.31. The molecule has 2 aromatic rings. The largest absolute Gasteiger partial charge is 0.496 e. The van der Waals surface area contributed by atoms with Crippen LogP contribution >= 0.6 is 0 Å². The van der Waals surface area contributed by atoms with E-state index in [1.165, 1.54) is 27.4 Å². The van der Waals surface area contributed by atoms with Crippen molar-refractivity contribution in [3.05, 3.63) is 47.0 Å². The lowest BCUT2D eigenvalue weighted by Crippen LogP contribution is -2.26. The summed E-state index contributed by atoms with van der Waals surface area (Å²) in [5.74, 6) is 2.15. The first kappa shape index (κ1) is 23.4. The molecule has 0 heterocycles. The fourth-order valence-electron chi connectivity index (χ4n) is 2.92. The van der Waals surface area contributed by atoms with Gasteiger partial charge in [0.05, 0.1) is 35.5 Å². The minimum atomic E-state index is -0.486. The van der Waals surface area contributed by atoms with Gasteiger partial charge in [0, 0.05) is 18.2 Å². The highest BCUT2D eigenvalue weighted by Gasteiger charge is 2.14. The molecule has 0 aliphatic carbocycles. The quantitative estimate of drug-likeness (QED) is 0.461. The second-order valence-electron chi connectivity index (χ2n) is 6.31. The monoisotopic (exact) mass is 426 g/mol. The van der Waals surface area contributed by atoms with Crippen LogP contribution in [0.2, 0.25) is 0 Å². The Morgan fingerprint density at radius 3 is 2.03 bits per heavy atom. The van der Waals surface area contributed by atoms with Crippen LogP contribution in [0.25, 0.3) is 6.08 Å². The van der Waals surface area contributed by atoms with Crippen molar-refractivity contribution < 1.29 is 28.5 Å². The van der Waals surface area contributed by atoms with Gasteiger partial charge in [-0.15, -0.1) is 0 Å². The first-order chi connectivity index (χ1) is 15.0. The van der Waals surface area contributed by atoms with Crippen LogP contribution < -0.4 is 29.0 Å². The topological polar surface area (TPSA) is 99.0 Å². The van der Waals surface area contributed by atoms with Gasteiger partial charge in [-0.25, -0.2) is 0 Å². The lowest BCUT2D eigenvalue weighted by atomic mass is 10.1. The van der Waals surface area contributed by atoms with Crippen molar-refractivity contribution in [2.75, 3.05) is 42.1 Å². The van der Waals surface area contributed by atoms with Gasteiger partial charge in [-0.3, -0.25) is 4.79 Å². The third-order valence-electron chi connectivity index (χ3n) is 4.55. The molecule has 0 unspecified atom stereocenters. The average molecular weight is 426 g/mol. The van der Waals surface area contributed by atoms with E-state index in [1.54, 1.807) is 32.4 Å². The van der Waals surface area contributed by atoms with Crippen LogP contribution in [0.3, 0.4) is 0 Å². The third-order valence-corrected chi connectivity index (χ3v) is 4.55. The minimum Gasteiger partial charge on any atom is -0.496 e. The number of carbonyl (C=O) groups excluding carboxylic acids is 1. The summed E-state index contributed by atoms with van der Waals surface area (Å²) in [6.45, 7) is 0.344. The molecule has 1 amide bonds. The van der Waals surface area contributed by atoms with Crippen molar-refractivity contribution in [3.63, 3.8) is 0 Å². The summed E-state index contributed by atoms with van der Waals surface area (Å²) < 4.78 is 26.4. The highest BCUT2D eigenvalue weighted by atomic mass is 16.5. The molecule has 164 valence electrons. The molecule has 0 fully saturated rings. The Morgan fingerprint density at radius 2 is 1.45 bits per heavy atom. The van der Waals surface area contributed by atoms with Crippen LogP contribution in [-0.2, 0) is 11.2 Å². The number of hydrogen-bond donors (Lipinski definition) is 1. The Labute approximate surface area is 181 Å². The number of benzene rings is 2. The molecule has 0 aromatic heterocycles. The molecule has 31 heavy (non-hydrogen) atoms. The van der Waals surface area contributed by atoms with E-state index < -0.39 is 5.91 Å². The van der Waals surface area contributed by atoms with Crippen molar-refractivity contribution in [1.29, 1.82) is 5.26 Å². The number of ether oxygens (including phenoxy) is 5. The van der Waals surface area contributed by atoms with E-state index in [-0.39, 0.29) is 5.57 Å². The fraction of sp³-hybridized carbons (Fsp3) is 0.304. The van der Waals surface area contributed by atoms with Crippen molar-refractivity contribution in [2.24, 2.45) is 0 Å². The summed E-state index contributed by atoms with van der Waals surface area (Å²) in [6, 6.07) is 10.8. The maximum Gasteiger partial charge on any atom is 0.261 e. The SMILES string of the molecule is COc1cc(OC)c(OC)cc1/C=C(/C#N)C(=O)NCCc1ccc(OC)c(OC)c1. The Bertz CT molecular complexity index is 994. The molecule has 0 radical (unpaired) electrons. The molecule has 0 aliphatic rings. The van der Waals surface area contributed by atoms with Crippen LogP contribution in [0, 0.1) is 11.3 Å². The summed E-state index contributed by atoms with van der Waals surface area (Å²) in [5, 5.41) is 12.2. The third kappa shape index (κ3) is 5.82. The van der Waals surface area contributed by atoms with Crippen LogP contribution in [0.4, 0.5) is 0 Å². The molecule has 8 heteroatoms. The van der Waals surface area contributed by atoms with Gasteiger partial charge in [0.2, 0.25) is 0 Å².